The van der Waals surface area contributed by atoms with Gasteiger partial charge >= 0.3 is 18.5 Å². The van der Waals surface area contributed by atoms with Crippen LogP contribution in [-0.2, 0) is 28.4 Å². The molecule has 0 aliphatic carbocycles. The van der Waals surface area contributed by atoms with Gasteiger partial charge in [0.1, 0.15) is 25.9 Å². The molecule has 9 nitrogen and oxygen atoms in total. The number of methoxy groups -OCH3 is 1. The molecule has 0 radical (unpaired) electrons. The number of cyclic esters (lactones) is 4. The zero-order valence-electron chi connectivity index (χ0n) is 11.6. The maximum absolute atomic E-state index is 10.0. The summed E-state index contributed by atoms with van der Waals surface area (Å²) < 4.78 is 25.9. The summed E-state index contributed by atoms with van der Waals surface area (Å²) in [5.74, 6) is 0. The van der Waals surface area contributed by atoms with Gasteiger partial charge in [-0.25, -0.2) is 14.4 Å². The zero-order chi connectivity index (χ0) is 15.4. The van der Waals surface area contributed by atoms with Gasteiger partial charge < -0.3 is 28.4 Å². The Kier molecular flexibility index (Phi) is 9.53. The lowest BCUT2D eigenvalue weighted by Gasteiger charge is -1.94. The largest absolute Gasteiger partial charge is 0.508 e. The standard InChI is InChI=1S/C4H6O3.C4H8O3.C3H4O3/c1-3-2-6-4(5)7-3;1-3-7-4(5)6-2;4-3-5-1-2-6-3/h3H,2H2,1H3;3H2,1-2H3;1-2H2. The van der Waals surface area contributed by atoms with E-state index in [0.29, 0.717) is 26.4 Å². The second kappa shape index (κ2) is 10.7. The molecule has 2 aliphatic heterocycles. The number of rotatable bonds is 1. The van der Waals surface area contributed by atoms with Crippen molar-refractivity contribution in [1.29, 1.82) is 0 Å². The van der Waals surface area contributed by atoms with Gasteiger partial charge in [0, 0.05) is 0 Å². The van der Waals surface area contributed by atoms with Gasteiger partial charge in [0.25, 0.3) is 0 Å². The van der Waals surface area contributed by atoms with Gasteiger partial charge in [-0.15, -0.1) is 0 Å². The van der Waals surface area contributed by atoms with Crippen molar-refractivity contribution in [1.82, 2.24) is 0 Å². The minimum atomic E-state index is -0.623. The van der Waals surface area contributed by atoms with Crippen LogP contribution in [0.4, 0.5) is 14.4 Å². The number of hydrogen-bond acceptors (Lipinski definition) is 9. The quantitative estimate of drug-likeness (QED) is 0.525. The monoisotopic (exact) mass is 294 g/mol. The lowest BCUT2D eigenvalue weighted by atomic mass is 10.5. The highest BCUT2D eigenvalue weighted by atomic mass is 16.8. The minimum absolute atomic E-state index is 0.0486. The number of hydrogen-bond donors (Lipinski definition) is 0. The number of ether oxygens (including phenoxy) is 6. The van der Waals surface area contributed by atoms with Crippen LogP contribution in [0.15, 0.2) is 0 Å². The third-order valence-corrected chi connectivity index (χ3v) is 1.69. The number of carbonyl (C=O) groups excluding carboxylic acids is 3. The van der Waals surface area contributed by atoms with Crippen molar-refractivity contribution >= 4 is 18.5 Å². The molecule has 0 aromatic rings. The van der Waals surface area contributed by atoms with Gasteiger partial charge in [-0.2, -0.15) is 0 Å². The van der Waals surface area contributed by atoms with E-state index in [4.69, 9.17) is 0 Å². The van der Waals surface area contributed by atoms with Crippen molar-refractivity contribution in [3.8, 4) is 0 Å². The fourth-order valence-electron chi connectivity index (χ4n) is 0.886. The third kappa shape index (κ3) is 9.80. The van der Waals surface area contributed by atoms with Gasteiger partial charge in [-0.3, -0.25) is 0 Å². The zero-order valence-corrected chi connectivity index (χ0v) is 11.6. The fourth-order valence-corrected chi connectivity index (χ4v) is 0.886. The maximum atomic E-state index is 10.0. The predicted molar refractivity (Wildman–Crippen MR) is 63.2 cm³/mol. The van der Waals surface area contributed by atoms with E-state index in [0.717, 1.165) is 0 Å². The second-order valence-electron chi connectivity index (χ2n) is 3.32. The van der Waals surface area contributed by atoms with E-state index in [1.165, 1.54) is 7.11 Å². The molecule has 0 spiro atoms. The molecule has 20 heavy (non-hydrogen) atoms. The first kappa shape index (κ1) is 17.8. The van der Waals surface area contributed by atoms with Crippen molar-refractivity contribution in [2.24, 2.45) is 0 Å². The van der Waals surface area contributed by atoms with Gasteiger partial charge in [-0.1, -0.05) is 0 Å². The van der Waals surface area contributed by atoms with Crippen LogP contribution < -0.4 is 0 Å². The van der Waals surface area contributed by atoms with Gasteiger partial charge in [-0.05, 0) is 13.8 Å². The first-order valence-electron chi connectivity index (χ1n) is 5.83. The molecule has 0 N–H and O–H groups in total. The SMILES string of the molecule is CC1COC(=O)O1.CCOC(=O)OC.O=C1OCCO1. The first-order chi connectivity index (χ1) is 9.49. The molecular weight excluding hydrogens is 276 g/mol. The summed E-state index contributed by atoms with van der Waals surface area (Å²) >= 11 is 0. The molecular formula is C11H18O9. The molecule has 2 fully saturated rings. The molecule has 0 amide bonds. The van der Waals surface area contributed by atoms with E-state index in [1.54, 1.807) is 13.8 Å². The summed E-state index contributed by atoms with van der Waals surface area (Å²) in [5, 5.41) is 0. The summed E-state index contributed by atoms with van der Waals surface area (Å²) in [4.78, 5) is 29.8. The average molecular weight is 294 g/mol. The maximum Gasteiger partial charge on any atom is 0.508 e. The molecule has 9 heteroatoms. The molecule has 0 saturated carbocycles. The van der Waals surface area contributed by atoms with Gasteiger partial charge in [0.15, 0.2) is 0 Å². The van der Waals surface area contributed by atoms with E-state index in [-0.39, 0.29) is 6.10 Å². The second-order valence-corrected chi connectivity index (χ2v) is 3.32. The smallest absolute Gasteiger partial charge is 0.438 e. The lowest BCUT2D eigenvalue weighted by Crippen LogP contribution is -2.02. The van der Waals surface area contributed by atoms with Crippen LogP contribution in [0.5, 0.6) is 0 Å². The highest BCUT2D eigenvalue weighted by Crippen LogP contribution is 2.02. The van der Waals surface area contributed by atoms with E-state index in [1.807, 2.05) is 0 Å². The third-order valence-electron chi connectivity index (χ3n) is 1.69. The van der Waals surface area contributed by atoms with Crippen LogP contribution in [0.3, 0.4) is 0 Å². The summed E-state index contributed by atoms with van der Waals surface area (Å²) in [6.45, 7) is 5.10. The summed E-state index contributed by atoms with van der Waals surface area (Å²) in [5.41, 5.74) is 0. The highest BCUT2D eigenvalue weighted by molar-refractivity contribution is 5.61. The van der Waals surface area contributed by atoms with Crippen LogP contribution in [0.1, 0.15) is 13.8 Å². The van der Waals surface area contributed by atoms with E-state index < -0.39 is 18.5 Å². The van der Waals surface area contributed by atoms with Crippen LogP contribution in [0, 0.1) is 0 Å². The Balaban J connectivity index is 0.000000271. The average Bonchev–Trinajstić information content (AvgIpc) is 3.02. The lowest BCUT2D eigenvalue weighted by molar-refractivity contribution is 0.0770. The number of carbonyl (C=O) groups is 3. The summed E-state index contributed by atoms with van der Waals surface area (Å²) in [6.07, 6.45) is -1.77. The predicted octanol–water partition coefficient (Wildman–Crippen LogP) is 1.48. The Morgan fingerprint density at radius 1 is 1.20 bits per heavy atom. The van der Waals surface area contributed by atoms with Crippen molar-refractivity contribution in [2.75, 3.05) is 33.5 Å². The topological polar surface area (TPSA) is 107 Å². The van der Waals surface area contributed by atoms with E-state index in [2.05, 4.69) is 28.4 Å². The highest BCUT2D eigenvalue weighted by Gasteiger charge is 2.19. The molecule has 2 aliphatic rings. The van der Waals surface area contributed by atoms with E-state index in [9.17, 15) is 14.4 Å². The van der Waals surface area contributed by atoms with Crippen LogP contribution in [0.25, 0.3) is 0 Å². The molecule has 2 saturated heterocycles. The first-order valence-corrected chi connectivity index (χ1v) is 5.83. The normalized spacial score (nSPS) is 18.9. The summed E-state index contributed by atoms with van der Waals surface area (Å²) in [7, 11) is 1.28. The Labute approximate surface area is 116 Å². The molecule has 1 unspecified atom stereocenters. The molecule has 116 valence electrons. The molecule has 0 aromatic heterocycles. The Bertz CT molecular complexity index is 301. The van der Waals surface area contributed by atoms with Crippen molar-refractivity contribution in [3.05, 3.63) is 0 Å². The van der Waals surface area contributed by atoms with Crippen LogP contribution >= 0.6 is 0 Å². The van der Waals surface area contributed by atoms with E-state index >= 15 is 0 Å². The molecule has 1 atom stereocenters. The molecule has 2 heterocycles. The van der Waals surface area contributed by atoms with Crippen molar-refractivity contribution in [3.63, 3.8) is 0 Å². The van der Waals surface area contributed by atoms with Gasteiger partial charge in [0.05, 0.1) is 13.7 Å². The molecule has 2 rings (SSSR count). The molecule has 0 aromatic carbocycles. The Morgan fingerprint density at radius 2 is 1.80 bits per heavy atom. The minimum Gasteiger partial charge on any atom is -0.438 e. The summed E-state index contributed by atoms with van der Waals surface area (Å²) in [6, 6.07) is 0. The molecule has 0 bridgehead atoms. The van der Waals surface area contributed by atoms with Crippen molar-refractivity contribution < 1.29 is 42.8 Å². The fraction of sp³-hybridized carbons (Fsp3) is 0.727. The van der Waals surface area contributed by atoms with Crippen LogP contribution in [-0.4, -0.2) is 58.1 Å². The van der Waals surface area contributed by atoms with Crippen LogP contribution in [0.2, 0.25) is 0 Å². The Hall–Kier alpha value is -2.19. The van der Waals surface area contributed by atoms with Crippen molar-refractivity contribution in [2.45, 2.75) is 20.0 Å². The van der Waals surface area contributed by atoms with Gasteiger partial charge in [0.2, 0.25) is 0 Å². The Morgan fingerprint density at radius 3 is 1.95 bits per heavy atom.